The topological polar surface area (TPSA) is 72.2 Å². The number of hydrogen-bond acceptors (Lipinski definition) is 3. The van der Waals surface area contributed by atoms with E-state index in [-0.39, 0.29) is 16.6 Å². The molecule has 0 aliphatic rings. The molecule has 0 bridgehead atoms. The maximum atomic E-state index is 13.2. The monoisotopic (exact) mass is 302 g/mol. The molecule has 1 atom stereocenters. The molecule has 1 aromatic rings. The lowest BCUT2D eigenvalue weighted by Gasteiger charge is -2.18. The molecule has 20 heavy (non-hydrogen) atoms. The minimum Gasteiger partial charge on any atom is -0.398 e. The van der Waals surface area contributed by atoms with Crippen LogP contribution in [0.25, 0.3) is 0 Å². The summed E-state index contributed by atoms with van der Waals surface area (Å²) < 4.78 is 40.4. The van der Waals surface area contributed by atoms with E-state index in [1.165, 1.54) is 6.07 Å². The van der Waals surface area contributed by atoms with Gasteiger partial charge in [-0.25, -0.2) is 17.5 Å². The van der Waals surface area contributed by atoms with Gasteiger partial charge in [-0.2, -0.15) is 0 Å². The third-order valence-corrected chi connectivity index (χ3v) is 4.71. The fourth-order valence-corrected chi connectivity index (χ4v) is 3.53. The molecule has 0 aliphatic carbocycles. The van der Waals surface area contributed by atoms with E-state index >= 15 is 0 Å². The summed E-state index contributed by atoms with van der Waals surface area (Å²) in [5.41, 5.74) is 5.70. The Morgan fingerprint density at radius 1 is 1.25 bits per heavy atom. The second-order valence-corrected chi connectivity index (χ2v) is 6.61. The Kier molecular flexibility index (Phi) is 6.42. The summed E-state index contributed by atoms with van der Waals surface area (Å²) >= 11 is 0. The lowest BCUT2D eigenvalue weighted by molar-refractivity contribution is 0.483. The number of halogens is 1. The van der Waals surface area contributed by atoms with Gasteiger partial charge >= 0.3 is 0 Å². The summed E-state index contributed by atoms with van der Waals surface area (Å²) in [6.45, 7) is 4.06. The molecule has 0 saturated heterocycles. The van der Waals surface area contributed by atoms with Crippen molar-refractivity contribution in [2.24, 2.45) is 0 Å². The van der Waals surface area contributed by atoms with Gasteiger partial charge in [0.15, 0.2) is 0 Å². The standard InChI is InChI=1S/C14H23FN2O2S/c1-3-5-7-12(6-4-2)17-20(18,19)14-10-11(15)8-9-13(14)16/h8-10,12,17H,3-7,16H2,1-2H3. The van der Waals surface area contributed by atoms with E-state index < -0.39 is 15.8 Å². The van der Waals surface area contributed by atoms with Gasteiger partial charge in [0.2, 0.25) is 10.0 Å². The van der Waals surface area contributed by atoms with Crippen molar-refractivity contribution >= 4 is 15.7 Å². The number of benzene rings is 1. The number of rotatable bonds is 8. The van der Waals surface area contributed by atoms with Gasteiger partial charge in [0.05, 0.1) is 5.69 Å². The van der Waals surface area contributed by atoms with Crippen LogP contribution >= 0.6 is 0 Å². The Hall–Kier alpha value is -1.14. The minimum atomic E-state index is -3.78. The SMILES string of the molecule is CCCCC(CCC)NS(=O)(=O)c1cc(F)ccc1N. The largest absolute Gasteiger partial charge is 0.398 e. The van der Waals surface area contributed by atoms with Gasteiger partial charge < -0.3 is 5.73 Å². The van der Waals surface area contributed by atoms with Gasteiger partial charge in [-0.1, -0.05) is 33.1 Å². The average molecular weight is 302 g/mol. The molecule has 1 rings (SSSR count). The van der Waals surface area contributed by atoms with E-state index in [0.717, 1.165) is 44.2 Å². The fraction of sp³-hybridized carbons (Fsp3) is 0.571. The summed E-state index contributed by atoms with van der Waals surface area (Å²) in [6.07, 6.45) is 4.37. The first kappa shape index (κ1) is 16.9. The lowest BCUT2D eigenvalue weighted by Crippen LogP contribution is -2.35. The second kappa shape index (κ2) is 7.59. The van der Waals surface area contributed by atoms with Crippen molar-refractivity contribution in [3.05, 3.63) is 24.0 Å². The lowest BCUT2D eigenvalue weighted by atomic mass is 10.1. The Balaban J connectivity index is 2.93. The van der Waals surface area contributed by atoms with E-state index in [1.807, 2.05) is 6.92 Å². The van der Waals surface area contributed by atoms with Gasteiger partial charge in [-0.3, -0.25) is 0 Å². The molecule has 1 aromatic carbocycles. The van der Waals surface area contributed by atoms with Gasteiger partial charge in [-0.05, 0) is 31.0 Å². The van der Waals surface area contributed by atoms with Crippen molar-refractivity contribution in [1.29, 1.82) is 0 Å². The zero-order valence-corrected chi connectivity index (χ0v) is 12.8. The third-order valence-electron chi connectivity index (χ3n) is 3.13. The highest BCUT2D eigenvalue weighted by atomic mass is 32.2. The van der Waals surface area contributed by atoms with E-state index in [0.29, 0.717) is 0 Å². The first-order valence-corrected chi connectivity index (χ1v) is 8.46. The highest BCUT2D eigenvalue weighted by molar-refractivity contribution is 7.89. The van der Waals surface area contributed by atoms with Crippen LogP contribution in [0.4, 0.5) is 10.1 Å². The molecule has 0 spiro atoms. The third kappa shape index (κ3) is 4.76. The van der Waals surface area contributed by atoms with Crippen LogP contribution in [-0.4, -0.2) is 14.5 Å². The smallest absolute Gasteiger partial charge is 0.242 e. The second-order valence-electron chi connectivity index (χ2n) is 4.93. The summed E-state index contributed by atoms with van der Waals surface area (Å²) in [7, 11) is -3.78. The minimum absolute atomic E-state index is 0.0599. The molecule has 6 heteroatoms. The van der Waals surface area contributed by atoms with E-state index in [9.17, 15) is 12.8 Å². The van der Waals surface area contributed by atoms with Gasteiger partial charge in [-0.15, -0.1) is 0 Å². The van der Waals surface area contributed by atoms with Gasteiger partial charge in [0, 0.05) is 6.04 Å². The van der Waals surface area contributed by atoms with Crippen LogP contribution in [0.15, 0.2) is 23.1 Å². The molecular weight excluding hydrogens is 279 g/mol. The molecule has 114 valence electrons. The number of nitrogens with one attached hydrogen (secondary N) is 1. The number of unbranched alkanes of at least 4 members (excludes halogenated alkanes) is 1. The Morgan fingerprint density at radius 2 is 1.95 bits per heavy atom. The van der Waals surface area contributed by atoms with Crippen molar-refractivity contribution in [2.75, 3.05) is 5.73 Å². The number of anilines is 1. The molecule has 0 fully saturated rings. The Bertz CT molecular complexity index is 532. The molecule has 1 unspecified atom stereocenters. The molecule has 0 saturated carbocycles. The van der Waals surface area contributed by atoms with Crippen molar-refractivity contribution in [2.45, 2.75) is 56.9 Å². The fourth-order valence-electron chi connectivity index (χ4n) is 2.09. The van der Waals surface area contributed by atoms with Crippen LogP contribution in [-0.2, 0) is 10.0 Å². The van der Waals surface area contributed by atoms with Crippen LogP contribution in [0.2, 0.25) is 0 Å². The number of sulfonamides is 1. The molecule has 0 aromatic heterocycles. The summed E-state index contributed by atoms with van der Waals surface area (Å²) in [5.74, 6) is -0.611. The molecule has 0 amide bonds. The number of nitrogen functional groups attached to an aromatic ring is 1. The van der Waals surface area contributed by atoms with E-state index in [2.05, 4.69) is 11.6 Å². The van der Waals surface area contributed by atoms with Crippen molar-refractivity contribution in [1.82, 2.24) is 4.72 Å². The van der Waals surface area contributed by atoms with Crippen LogP contribution in [0.5, 0.6) is 0 Å². The summed E-state index contributed by atoms with van der Waals surface area (Å²) in [6, 6.07) is 3.24. The predicted molar refractivity (Wildman–Crippen MR) is 79.4 cm³/mol. The van der Waals surface area contributed by atoms with Crippen molar-refractivity contribution < 1.29 is 12.8 Å². The summed E-state index contributed by atoms with van der Waals surface area (Å²) in [5, 5.41) is 0. The van der Waals surface area contributed by atoms with Crippen molar-refractivity contribution in [3.63, 3.8) is 0 Å². The van der Waals surface area contributed by atoms with Crippen LogP contribution in [0.3, 0.4) is 0 Å². The maximum Gasteiger partial charge on any atom is 0.242 e. The van der Waals surface area contributed by atoms with E-state index in [1.54, 1.807) is 0 Å². The molecule has 0 aliphatic heterocycles. The number of hydrogen-bond donors (Lipinski definition) is 2. The van der Waals surface area contributed by atoms with Gasteiger partial charge in [0.25, 0.3) is 0 Å². The zero-order valence-electron chi connectivity index (χ0n) is 12.0. The Morgan fingerprint density at radius 3 is 2.55 bits per heavy atom. The zero-order chi connectivity index (χ0) is 15.2. The van der Waals surface area contributed by atoms with Gasteiger partial charge in [0.1, 0.15) is 10.7 Å². The quantitative estimate of drug-likeness (QED) is 0.725. The Labute approximate surface area is 120 Å². The van der Waals surface area contributed by atoms with E-state index in [4.69, 9.17) is 5.73 Å². The molecular formula is C14H23FN2O2S. The van der Waals surface area contributed by atoms with Crippen LogP contribution < -0.4 is 10.5 Å². The van der Waals surface area contributed by atoms with Crippen molar-refractivity contribution in [3.8, 4) is 0 Å². The average Bonchev–Trinajstić information content (AvgIpc) is 2.38. The first-order chi connectivity index (χ1) is 9.40. The maximum absolute atomic E-state index is 13.2. The normalized spacial score (nSPS) is 13.3. The molecule has 0 heterocycles. The molecule has 3 N–H and O–H groups in total. The highest BCUT2D eigenvalue weighted by Crippen LogP contribution is 2.20. The summed E-state index contributed by atoms with van der Waals surface area (Å²) in [4.78, 5) is -0.185. The molecule has 0 radical (unpaired) electrons. The first-order valence-electron chi connectivity index (χ1n) is 6.98. The van der Waals surface area contributed by atoms with Crippen LogP contribution in [0, 0.1) is 5.82 Å². The number of nitrogens with two attached hydrogens (primary N) is 1. The molecule has 4 nitrogen and oxygen atoms in total. The predicted octanol–water partition coefficient (Wildman–Crippen LogP) is 3.05. The van der Waals surface area contributed by atoms with Crippen LogP contribution in [0.1, 0.15) is 46.0 Å². The highest BCUT2D eigenvalue weighted by Gasteiger charge is 2.22.